The minimum absolute atomic E-state index is 0.207. The molecule has 1 saturated heterocycles. The third-order valence-corrected chi connectivity index (χ3v) is 4.65. The zero-order valence-electron chi connectivity index (χ0n) is 12.8. The molecule has 0 radical (unpaired) electrons. The number of hydrogen-bond donors (Lipinski definition) is 1. The lowest BCUT2D eigenvalue weighted by molar-refractivity contribution is -0.132. The van der Waals surface area contributed by atoms with Crippen molar-refractivity contribution in [2.75, 3.05) is 26.7 Å². The first-order valence-electron chi connectivity index (χ1n) is 7.64. The zero-order chi connectivity index (χ0) is 15.9. The maximum Gasteiger partial charge on any atom is 0.222 e. The lowest BCUT2D eigenvalue weighted by atomic mass is 10.2. The Morgan fingerprint density at radius 2 is 2.27 bits per heavy atom. The smallest absolute Gasteiger partial charge is 0.222 e. The fraction of sp³-hybridized carbons (Fsp3) is 0.562. The van der Waals surface area contributed by atoms with E-state index < -0.39 is 0 Å². The van der Waals surface area contributed by atoms with Crippen molar-refractivity contribution in [2.24, 2.45) is 0 Å². The fourth-order valence-corrected chi connectivity index (χ4v) is 3.10. The number of carbonyl (C=O) groups is 1. The molecule has 1 aliphatic heterocycles. The van der Waals surface area contributed by atoms with Crippen LogP contribution >= 0.6 is 23.2 Å². The highest BCUT2D eigenvalue weighted by molar-refractivity contribution is 6.42. The predicted molar refractivity (Wildman–Crippen MR) is 89.9 cm³/mol. The van der Waals surface area contributed by atoms with Gasteiger partial charge in [0, 0.05) is 25.6 Å². The second-order valence-electron chi connectivity index (χ2n) is 5.44. The second kappa shape index (κ2) is 8.61. The first-order chi connectivity index (χ1) is 10.6. The molecule has 0 spiro atoms. The van der Waals surface area contributed by atoms with E-state index in [1.165, 1.54) is 0 Å². The van der Waals surface area contributed by atoms with Crippen molar-refractivity contribution in [3.05, 3.63) is 28.2 Å². The highest BCUT2D eigenvalue weighted by Crippen LogP contribution is 2.31. The molecule has 1 aromatic rings. The molecule has 1 unspecified atom stereocenters. The Bertz CT molecular complexity index is 511. The molecule has 1 heterocycles. The van der Waals surface area contributed by atoms with Crippen LogP contribution in [-0.2, 0) is 4.79 Å². The maximum absolute atomic E-state index is 12.3. The van der Waals surface area contributed by atoms with Crippen LogP contribution in [0.4, 0.5) is 0 Å². The first-order valence-corrected chi connectivity index (χ1v) is 8.40. The van der Waals surface area contributed by atoms with Crippen molar-refractivity contribution in [1.29, 1.82) is 0 Å². The number of rotatable bonds is 7. The summed E-state index contributed by atoms with van der Waals surface area (Å²) in [6.07, 6.45) is 3.34. The molecule has 1 atom stereocenters. The highest BCUT2D eigenvalue weighted by Gasteiger charge is 2.27. The molecule has 0 bridgehead atoms. The van der Waals surface area contributed by atoms with Crippen molar-refractivity contribution >= 4 is 29.1 Å². The van der Waals surface area contributed by atoms with Crippen LogP contribution in [-0.4, -0.2) is 43.6 Å². The summed E-state index contributed by atoms with van der Waals surface area (Å²) in [6.45, 7) is 2.18. The summed E-state index contributed by atoms with van der Waals surface area (Å²) in [6, 6.07) is 5.62. The van der Waals surface area contributed by atoms with E-state index in [2.05, 4.69) is 5.32 Å². The molecule has 1 aliphatic rings. The Labute approximate surface area is 141 Å². The van der Waals surface area contributed by atoms with Gasteiger partial charge in [-0.2, -0.15) is 0 Å². The summed E-state index contributed by atoms with van der Waals surface area (Å²) >= 11 is 12.0. The standard InChI is InChI=1S/C16H22Cl2N2O2/c1-19-11-12-5-3-9-20(12)15(21)8-4-10-22-14-7-2-6-13(17)16(14)18/h2,6-7,12,19H,3-5,8-11H2,1H3. The Hall–Kier alpha value is -0.970. The SMILES string of the molecule is CNCC1CCCN1C(=O)CCCOc1cccc(Cl)c1Cl. The van der Waals surface area contributed by atoms with Gasteiger partial charge in [0.05, 0.1) is 11.6 Å². The van der Waals surface area contributed by atoms with Crippen molar-refractivity contribution in [3.8, 4) is 5.75 Å². The van der Waals surface area contributed by atoms with Gasteiger partial charge in [-0.25, -0.2) is 0 Å². The molecule has 6 heteroatoms. The summed E-state index contributed by atoms with van der Waals surface area (Å²) in [5.41, 5.74) is 0. The predicted octanol–water partition coefficient (Wildman–Crippen LogP) is 3.36. The molecule has 4 nitrogen and oxygen atoms in total. The average molecular weight is 345 g/mol. The number of likely N-dealkylation sites (N-methyl/N-ethyl adjacent to an activating group) is 1. The van der Waals surface area contributed by atoms with Gasteiger partial charge in [0.1, 0.15) is 10.8 Å². The topological polar surface area (TPSA) is 41.6 Å². The number of amides is 1. The third-order valence-electron chi connectivity index (χ3n) is 3.85. The largest absolute Gasteiger partial charge is 0.492 e. The average Bonchev–Trinajstić information content (AvgIpc) is 2.96. The van der Waals surface area contributed by atoms with E-state index in [9.17, 15) is 4.79 Å². The van der Waals surface area contributed by atoms with Gasteiger partial charge in [0.15, 0.2) is 0 Å². The number of carbonyl (C=O) groups excluding carboxylic acids is 1. The molecular weight excluding hydrogens is 323 g/mol. The molecule has 0 aliphatic carbocycles. The van der Waals surface area contributed by atoms with E-state index >= 15 is 0 Å². The van der Waals surface area contributed by atoms with Gasteiger partial charge in [-0.1, -0.05) is 29.3 Å². The highest BCUT2D eigenvalue weighted by atomic mass is 35.5. The van der Waals surface area contributed by atoms with E-state index in [1.54, 1.807) is 18.2 Å². The van der Waals surface area contributed by atoms with Gasteiger partial charge in [-0.15, -0.1) is 0 Å². The number of ether oxygens (including phenoxy) is 1. The lowest BCUT2D eigenvalue weighted by Gasteiger charge is -2.24. The fourth-order valence-electron chi connectivity index (χ4n) is 2.76. The molecule has 1 aromatic carbocycles. The Morgan fingerprint density at radius 3 is 3.05 bits per heavy atom. The van der Waals surface area contributed by atoms with Crippen molar-refractivity contribution in [2.45, 2.75) is 31.7 Å². The molecule has 1 amide bonds. The summed E-state index contributed by atoms with van der Waals surface area (Å²) in [7, 11) is 1.92. The molecule has 2 rings (SSSR count). The minimum Gasteiger partial charge on any atom is -0.492 e. The number of benzene rings is 1. The molecular formula is C16H22Cl2N2O2. The monoisotopic (exact) mass is 344 g/mol. The maximum atomic E-state index is 12.3. The summed E-state index contributed by atoms with van der Waals surface area (Å²) in [4.78, 5) is 14.2. The van der Waals surface area contributed by atoms with Crippen molar-refractivity contribution in [3.63, 3.8) is 0 Å². The van der Waals surface area contributed by atoms with Crippen LogP contribution in [0.25, 0.3) is 0 Å². The summed E-state index contributed by atoms with van der Waals surface area (Å²) < 4.78 is 5.61. The normalized spacial score (nSPS) is 17.8. The third kappa shape index (κ3) is 4.51. The number of nitrogens with zero attached hydrogens (tertiary/aromatic N) is 1. The molecule has 1 N–H and O–H groups in total. The summed E-state index contributed by atoms with van der Waals surface area (Å²) in [5, 5.41) is 4.04. The minimum atomic E-state index is 0.207. The van der Waals surface area contributed by atoms with E-state index in [0.717, 1.165) is 25.9 Å². The Kier molecular flexibility index (Phi) is 6.80. The van der Waals surface area contributed by atoms with Gasteiger partial charge in [0.2, 0.25) is 5.91 Å². The number of nitrogens with one attached hydrogen (secondary N) is 1. The van der Waals surface area contributed by atoms with Crippen LogP contribution < -0.4 is 10.1 Å². The van der Waals surface area contributed by atoms with Gasteiger partial charge in [-0.3, -0.25) is 4.79 Å². The van der Waals surface area contributed by atoms with Crippen LogP contribution in [0, 0.1) is 0 Å². The number of likely N-dealkylation sites (tertiary alicyclic amines) is 1. The van der Waals surface area contributed by atoms with E-state index in [0.29, 0.717) is 41.3 Å². The van der Waals surface area contributed by atoms with Gasteiger partial charge in [-0.05, 0) is 38.4 Å². The zero-order valence-corrected chi connectivity index (χ0v) is 14.3. The van der Waals surface area contributed by atoms with E-state index in [1.807, 2.05) is 11.9 Å². The first kappa shape index (κ1) is 17.4. The number of halogens is 2. The van der Waals surface area contributed by atoms with Gasteiger partial charge < -0.3 is 15.0 Å². The Balaban J connectivity index is 1.74. The molecule has 0 saturated carbocycles. The summed E-state index contributed by atoms with van der Waals surface area (Å²) in [5.74, 6) is 0.773. The van der Waals surface area contributed by atoms with E-state index in [-0.39, 0.29) is 5.91 Å². The van der Waals surface area contributed by atoms with Gasteiger partial charge >= 0.3 is 0 Å². The van der Waals surface area contributed by atoms with Crippen LogP contribution in [0.3, 0.4) is 0 Å². The lowest BCUT2D eigenvalue weighted by Crippen LogP contribution is -2.40. The van der Waals surface area contributed by atoms with Crippen LogP contribution in [0.15, 0.2) is 18.2 Å². The molecule has 122 valence electrons. The van der Waals surface area contributed by atoms with E-state index in [4.69, 9.17) is 27.9 Å². The molecule has 0 aromatic heterocycles. The quantitative estimate of drug-likeness (QED) is 0.771. The second-order valence-corrected chi connectivity index (χ2v) is 6.23. The van der Waals surface area contributed by atoms with Crippen LogP contribution in [0.1, 0.15) is 25.7 Å². The number of hydrogen-bond acceptors (Lipinski definition) is 3. The Morgan fingerprint density at radius 1 is 1.45 bits per heavy atom. The van der Waals surface area contributed by atoms with Crippen LogP contribution in [0.5, 0.6) is 5.75 Å². The molecule has 22 heavy (non-hydrogen) atoms. The van der Waals surface area contributed by atoms with Crippen molar-refractivity contribution in [1.82, 2.24) is 10.2 Å². The van der Waals surface area contributed by atoms with Gasteiger partial charge in [0.25, 0.3) is 0 Å². The van der Waals surface area contributed by atoms with Crippen LogP contribution in [0.2, 0.25) is 10.0 Å². The van der Waals surface area contributed by atoms with Crippen molar-refractivity contribution < 1.29 is 9.53 Å². The molecule has 1 fully saturated rings.